The topological polar surface area (TPSA) is 55.3 Å². The summed E-state index contributed by atoms with van der Waals surface area (Å²) in [4.78, 5) is 21.2. The first-order valence-electron chi connectivity index (χ1n) is 4.97. The molecule has 88 valence electrons. The van der Waals surface area contributed by atoms with Gasteiger partial charge in [-0.05, 0) is 22.9 Å². The van der Waals surface area contributed by atoms with E-state index in [1.165, 1.54) is 0 Å². The molecule has 16 heavy (non-hydrogen) atoms. The van der Waals surface area contributed by atoms with Crippen LogP contribution in [0.5, 0.6) is 0 Å². The molecule has 0 radical (unpaired) electrons. The first kappa shape index (κ1) is 12.9. The number of ether oxygens (including phenoxy) is 1. The monoisotopic (exact) mass is 287 g/mol. The first-order valence-corrected chi connectivity index (χ1v) is 5.77. The number of hydrogen-bond acceptors (Lipinski definition) is 5. The third kappa shape index (κ3) is 4.14. The molecule has 0 unspecified atom stereocenters. The zero-order chi connectivity index (χ0) is 12.0. The lowest BCUT2D eigenvalue weighted by Gasteiger charge is -2.15. The van der Waals surface area contributed by atoms with E-state index >= 15 is 0 Å². The van der Waals surface area contributed by atoms with Gasteiger partial charge in [-0.2, -0.15) is 0 Å². The minimum atomic E-state index is -0.202. The lowest BCUT2D eigenvalue weighted by molar-refractivity contribution is -0.142. The molecule has 6 heteroatoms. The summed E-state index contributed by atoms with van der Waals surface area (Å²) >= 11 is 3.26. The highest BCUT2D eigenvalue weighted by molar-refractivity contribution is 9.10. The molecule has 0 aromatic carbocycles. The molecule has 0 spiro atoms. The second-order valence-electron chi connectivity index (χ2n) is 3.18. The number of aromatic nitrogens is 2. The SMILES string of the molecule is CCOC(=O)CCN(C)c1ncc(Br)cn1. The van der Waals surface area contributed by atoms with Crippen LogP contribution in [0.15, 0.2) is 16.9 Å². The summed E-state index contributed by atoms with van der Waals surface area (Å²) < 4.78 is 5.66. The summed E-state index contributed by atoms with van der Waals surface area (Å²) in [6.07, 6.45) is 3.68. The maximum Gasteiger partial charge on any atom is 0.307 e. The second kappa shape index (κ2) is 6.42. The molecule has 0 amide bonds. The molecule has 0 aliphatic heterocycles. The molecule has 0 bridgehead atoms. The molecule has 0 fully saturated rings. The number of anilines is 1. The van der Waals surface area contributed by atoms with Crippen LogP contribution < -0.4 is 4.90 Å². The van der Waals surface area contributed by atoms with Gasteiger partial charge in [-0.1, -0.05) is 0 Å². The molecule has 0 saturated carbocycles. The Morgan fingerprint density at radius 3 is 2.69 bits per heavy atom. The van der Waals surface area contributed by atoms with E-state index in [9.17, 15) is 4.79 Å². The van der Waals surface area contributed by atoms with E-state index in [4.69, 9.17) is 4.74 Å². The normalized spacial score (nSPS) is 9.94. The largest absolute Gasteiger partial charge is 0.466 e. The van der Waals surface area contributed by atoms with Gasteiger partial charge in [0.1, 0.15) is 0 Å². The van der Waals surface area contributed by atoms with E-state index in [1.807, 2.05) is 11.9 Å². The highest BCUT2D eigenvalue weighted by Gasteiger charge is 2.07. The molecule has 5 nitrogen and oxygen atoms in total. The minimum Gasteiger partial charge on any atom is -0.466 e. The van der Waals surface area contributed by atoms with Crippen molar-refractivity contribution in [3.63, 3.8) is 0 Å². The number of rotatable bonds is 5. The Labute approximate surface area is 103 Å². The summed E-state index contributed by atoms with van der Waals surface area (Å²) in [5, 5.41) is 0. The summed E-state index contributed by atoms with van der Waals surface area (Å²) in [6.45, 7) is 2.75. The predicted octanol–water partition coefficient (Wildman–Crippen LogP) is 1.63. The summed E-state index contributed by atoms with van der Waals surface area (Å²) in [5.41, 5.74) is 0. The summed E-state index contributed by atoms with van der Waals surface area (Å²) in [7, 11) is 1.84. The molecule has 0 atom stereocenters. The molecule has 0 aliphatic carbocycles. The van der Waals surface area contributed by atoms with Gasteiger partial charge in [0.25, 0.3) is 0 Å². The zero-order valence-corrected chi connectivity index (χ0v) is 10.9. The van der Waals surface area contributed by atoms with Gasteiger partial charge < -0.3 is 9.64 Å². The Morgan fingerprint density at radius 1 is 1.50 bits per heavy atom. The van der Waals surface area contributed by atoms with Crippen LogP contribution in [0.2, 0.25) is 0 Å². The van der Waals surface area contributed by atoms with Crippen LogP contribution in [-0.4, -0.2) is 36.1 Å². The van der Waals surface area contributed by atoms with Crippen molar-refractivity contribution in [2.24, 2.45) is 0 Å². The third-order valence-corrected chi connectivity index (χ3v) is 2.31. The predicted molar refractivity (Wildman–Crippen MR) is 64.3 cm³/mol. The highest BCUT2D eigenvalue weighted by Crippen LogP contribution is 2.09. The van der Waals surface area contributed by atoms with Gasteiger partial charge in [0.15, 0.2) is 0 Å². The first-order chi connectivity index (χ1) is 7.63. The van der Waals surface area contributed by atoms with Crippen LogP contribution in [0.1, 0.15) is 13.3 Å². The van der Waals surface area contributed by atoms with Crippen LogP contribution in [0.25, 0.3) is 0 Å². The summed E-state index contributed by atoms with van der Waals surface area (Å²) in [6, 6.07) is 0. The van der Waals surface area contributed by atoms with Crippen LogP contribution >= 0.6 is 15.9 Å². The van der Waals surface area contributed by atoms with Gasteiger partial charge in [-0.15, -0.1) is 0 Å². The van der Waals surface area contributed by atoms with Crippen molar-refractivity contribution in [1.82, 2.24) is 9.97 Å². The van der Waals surface area contributed by atoms with Gasteiger partial charge in [0.2, 0.25) is 5.95 Å². The van der Waals surface area contributed by atoms with Crippen molar-refractivity contribution in [3.8, 4) is 0 Å². The number of esters is 1. The molecule has 0 N–H and O–H groups in total. The van der Waals surface area contributed by atoms with Crippen molar-refractivity contribution in [2.45, 2.75) is 13.3 Å². The van der Waals surface area contributed by atoms with Gasteiger partial charge in [-0.3, -0.25) is 4.79 Å². The third-order valence-electron chi connectivity index (χ3n) is 1.90. The van der Waals surface area contributed by atoms with Crippen LogP contribution in [0.3, 0.4) is 0 Å². The van der Waals surface area contributed by atoms with E-state index in [2.05, 4.69) is 25.9 Å². The van der Waals surface area contributed by atoms with Crippen LogP contribution in [-0.2, 0) is 9.53 Å². The molecular weight excluding hydrogens is 274 g/mol. The standard InChI is InChI=1S/C10H14BrN3O2/c1-3-16-9(15)4-5-14(2)10-12-6-8(11)7-13-10/h6-7H,3-5H2,1-2H3. The Balaban J connectivity index is 2.43. The average Bonchev–Trinajstić information content (AvgIpc) is 2.27. The fourth-order valence-electron chi connectivity index (χ4n) is 1.09. The Hall–Kier alpha value is -1.17. The lowest BCUT2D eigenvalue weighted by Crippen LogP contribution is -2.23. The van der Waals surface area contributed by atoms with E-state index in [1.54, 1.807) is 19.3 Å². The number of hydrogen-bond donors (Lipinski definition) is 0. The van der Waals surface area contributed by atoms with Crippen LogP contribution in [0.4, 0.5) is 5.95 Å². The van der Waals surface area contributed by atoms with Crippen LogP contribution in [0, 0.1) is 0 Å². The smallest absolute Gasteiger partial charge is 0.307 e. The maximum absolute atomic E-state index is 11.1. The second-order valence-corrected chi connectivity index (χ2v) is 4.09. The van der Waals surface area contributed by atoms with E-state index in [0.29, 0.717) is 25.5 Å². The Morgan fingerprint density at radius 2 is 2.12 bits per heavy atom. The van der Waals surface area contributed by atoms with Gasteiger partial charge in [0, 0.05) is 26.0 Å². The Kier molecular flexibility index (Phi) is 5.18. The van der Waals surface area contributed by atoms with Gasteiger partial charge >= 0.3 is 5.97 Å². The quantitative estimate of drug-likeness (QED) is 0.771. The molecule has 1 aromatic heterocycles. The van der Waals surface area contributed by atoms with E-state index in [-0.39, 0.29) is 5.97 Å². The van der Waals surface area contributed by atoms with Crippen molar-refractivity contribution < 1.29 is 9.53 Å². The molecule has 0 saturated heterocycles. The molecule has 1 rings (SSSR count). The Bertz CT molecular complexity index is 342. The number of carbonyl (C=O) groups is 1. The molecule has 1 aromatic rings. The van der Waals surface area contributed by atoms with Gasteiger partial charge in [-0.25, -0.2) is 9.97 Å². The highest BCUT2D eigenvalue weighted by atomic mass is 79.9. The fourth-order valence-corrected chi connectivity index (χ4v) is 1.30. The lowest BCUT2D eigenvalue weighted by atomic mass is 10.4. The molecule has 0 aliphatic rings. The average molecular weight is 288 g/mol. The van der Waals surface area contributed by atoms with Crippen molar-refractivity contribution in [3.05, 3.63) is 16.9 Å². The number of nitrogens with zero attached hydrogens (tertiary/aromatic N) is 3. The number of carbonyl (C=O) groups excluding carboxylic acids is 1. The van der Waals surface area contributed by atoms with Crippen molar-refractivity contribution >= 4 is 27.8 Å². The zero-order valence-electron chi connectivity index (χ0n) is 9.31. The molecular formula is C10H14BrN3O2. The van der Waals surface area contributed by atoms with Crippen molar-refractivity contribution in [1.29, 1.82) is 0 Å². The van der Waals surface area contributed by atoms with E-state index < -0.39 is 0 Å². The summed E-state index contributed by atoms with van der Waals surface area (Å²) in [5.74, 6) is 0.388. The number of halogens is 1. The van der Waals surface area contributed by atoms with E-state index in [0.717, 1.165) is 4.47 Å². The minimum absolute atomic E-state index is 0.202. The molecule has 1 heterocycles. The van der Waals surface area contributed by atoms with Gasteiger partial charge in [0.05, 0.1) is 17.5 Å². The fraction of sp³-hybridized carbons (Fsp3) is 0.500. The maximum atomic E-state index is 11.1. The van der Waals surface area contributed by atoms with Crippen molar-refractivity contribution in [2.75, 3.05) is 25.1 Å².